The van der Waals surface area contributed by atoms with Gasteiger partial charge in [0, 0.05) is 6.42 Å². The van der Waals surface area contributed by atoms with Crippen LogP contribution in [0.4, 0.5) is 0 Å². The second-order valence-corrected chi connectivity index (χ2v) is 2.89. The van der Waals surface area contributed by atoms with Crippen molar-refractivity contribution in [1.29, 1.82) is 0 Å². The van der Waals surface area contributed by atoms with Crippen molar-refractivity contribution in [2.24, 2.45) is 11.7 Å². The van der Waals surface area contributed by atoms with Crippen LogP contribution in [-0.4, -0.2) is 22.9 Å². The van der Waals surface area contributed by atoms with Crippen LogP contribution in [0.15, 0.2) is 0 Å². The molecule has 1 aliphatic carbocycles. The number of carboxylic acid groups (broad SMARTS) is 1. The molecule has 0 bridgehead atoms. The summed E-state index contributed by atoms with van der Waals surface area (Å²) in [5.41, 5.74) is 5.46. The minimum Gasteiger partial charge on any atom is -0.481 e. The summed E-state index contributed by atoms with van der Waals surface area (Å²) in [5, 5.41) is 8.41. The first-order valence-electron chi connectivity index (χ1n) is 3.61. The van der Waals surface area contributed by atoms with E-state index in [1.165, 1.54) is 0 Å². The molecule has 62 valence electrons. The molecule has 2 atom stereocenters. The fraction of sp³-hybridized carbons (Fsp3) is 0.714. The van der Waals surface area contributed by atoms with Crippen molar-refractivity contribution in [3.05, 3.63) is 0 Å². The van der Waals surface area contributed by atoms with Gasteiger partial charge in [0.2, 0.25) is 0 Å². The van der Waals surface area contributed by atoms with E-state index in [-0.39, 0.29) is 18.1 Å². The fourth-order valence-corrected chi connectivity index (χ4v) is 1.39. The lowest BCUT2D eigenvalue weighted by Gasteiger charge is -2.09. The van der Waals surface area contributed by atoms with Crippen molar-refractivity contribution < 1.29 is 14.7 Å². The first-order chi connectivity index (χ1) is 5.11. The second kappa shape index (κ2) is 3.00. The Morgan fingerprint density at radius 3 is 2.73 bits per heavy atom. The number of Topliss-reactive ketones (excluding diaryl/α,β-unsaturated/α-hetero) is 1. The molecule has 0 amide bonds. The van der Waals surface area contributed by atoms with Gasteiger partial charge in [0.1, 0.15) is 5.78 Å². The predicted molar refractivity (Wildman–Crippen MR) is 38.0 cm³/mol. The largest absolute Gasteiger partial charge is 0.481 e. The standard InChI is InChI=1S/C7H11NO3/c8-7-4(3-6(10)11)1-2-5(7)9/h4,7H,1-3,8H2,(H,10,11). The molecule has 0 aromatic carbocycles. The maximum Gasteiger partial charge on any atom is 0.303 e. The van der Waals surface area contributed by atoms with Crippen LogP contribution in [0.25, 0.3) is 0 Å². The highest BCUT2D eigenvalue weighted by Crippen LogP contribution is 2.23. The molecule has 4 heteroatoms. The lowest BCUT2D eigenvalue weighted by atomic mass is 10.0. The van der Waals surface area contributed by atoms with E-state index in [0.717, 1.165) is 0 Å². The quantitative estimate of drug-likeness (QED) is 0.580. The lowest BCUT2D eigenvalue weighted by Crippen LogP contribution is -2.32. The molecule has 3 N–H and O–H groups in total. The number of rotatable bonds is 2. The van der Waals surface area contributed by atoms with E-state index < -0.39 is 12.0 Å². The third-order valence-corrected chi connectivity index (χ3v) is 2.08. The Bertz CT molecular complexity index is 190. The fourth-order valence-electron chi connectivity index (χ4n) is 1.39. The van der Waals surface area contributed by atoms with E-state index in [9.17, 15) is 9.59 Å². The summed E-state index contributed by atoms with van der Waals surface area (Å²) in [6.07, 6.45) is 1.10. The number of carbonyl (C=O) groups is 2. The number of carboxylic acids is 1. The normalized spacial score (nSPS) is 30.8. The molecule has 1 rings (SSSR count). The van der Waals surface area contributed by atoms with E-state index in [2.05, 4.69) is 0 Å². The first kappa shape index (κ1) is 8.20. The van der Waals surface area contributed by atoms with Crippen LogP contribution in [0.1, 0.15) is 19.3 Å². The zero-order valence-electron chi connectivity index (χ0n) is 6.12. The number of aliphatic carboxylic acids is 1. The van der Waals surface area contributed by atoms with Gasteiger partial charge < -0.3 is 10.8 Å². The number of nitrogens with two attached hydrogens (primary N) is 1. The van der Waals surface area contributed by atoms with Gasteiger partial charge in [-0.25, -0.2) is 0 Å². The molecule has 11 heavy (non-hydrogen) atoms. The maximum absolute atomic E-state index is 10.8. The predicted octanol–water partition coefficient (Wildman–Crippen LogP) is -0.233. The molecule has 0 saturated heterocycles. The van der Waals surface area contributed by atoms with Crippen molar-refractivity contribution in [3.8, 4) is 0 Å². The van der Waals surface area contributed by atoms with Gasteiger partial charge in [-0.15, -0.1) is 0 Å². The lowest BCUT2D eigenvalue weighted by molar-refractivity contribution is -0.138. The Morgan fingerprint density at radius 1 is 1.73 bits per heavy atom. The molecular formula is C7H11NO3. The van der Waals surface area contributed by atoms with E-state index in [0.29, 0.717) is 12.8 Å². The summed E-state index contributed by atoms with van der Waals surface area (Å²) in [6.45, 7) is 0. The Kier molecular flexibility index (Phi) is 2.24. The van der Waals surface area contributed by atoms with Crippen LogP contribution in [0, 0.1) is 5.92 Å². The van der Waals surface area contributed by atoms with Crippen LogP contribution in [0.3, 0.4) is 0 Å². The minimum absolute atomic E-state index is 0.00347. The van der Waals surface area contributed by atoms with Gasteiger partial charge in [0.05, 0.1) is 12.5 Å². The molecule has 0 aromatic rings. The molecule has 1 fully saturated rings. The van der Waals surface area contributed by atoms with Crippen LogP contribution >= 0.6 is 0 Å². The molecule has 0 radical (unpaired) electrons. The molecule has 1 saturated carbocycles. The Balaban J connectivity index is 2.48. The van der Waals surface area contributed by atoms with Crippen molar-refractivity contribution in [3.63, 3.8) is 0 Å². The maximum atomic E-state index is 10.8. The summed E-state index contributed by atoms with van der Waals surface area (Å²) < 4.78 is 0. The van der Waals surface area contributed by atoms with Gasteiger partial charge in [-0.2, -0.15) is 0 Å². The number of carbonyl (C=O) groups excluding carboxylic acids is 1. The summed E-state index contributed by atoms with van der Waals surface area (Å²) in [6, 6.07) is -0.536. The smallest absolute Gasteiger partial charge is 0.303 e. The van der Waals surface area contributed by atoms with Gasteiger partial charge in [0.15, 0.2) is 0 Å². The second-order valence-electron chi connectivity index (χ2n) is 2.89. The van der Waals surface area contributed by atoms with Gasteiger partial charge in [0.25, 0.3) is 0 Å². The Hall–Kier alpha value is -0.900. The van der Waals surface area contributed by atoms with Crippen LogP contribution in [0.5, 0.6) is 0 Å². The summed E-state index contributed by atoms with van der Waals surface area (Å²) in [4.78, 5) is 21.1. The summed E-state index contributed by atoms with van der Waals surface area (Å²) >= 11 is 0. The zero-order valence-corrected chi connectivity index (χ0v) is 6.12. The SMILES string of the molecule is NC1C(=O)CCC1CC(=O)O. The number of ketones is 1. The average molecular weight is 157 g/mol. The number of hydrogen-bond donors (Lipinski definition) is 2. The highest BCUT2D eigenvalue weighted by atomic mass is 16.4. The van der Waals surface area contributed by atoms with Crippen molar-refractivity contribution >= 4 is 11.8 Å². The Morgan fingerprint density at radius 2 is 2.36 bits per heavy atom. The highest BCUT2D eigenvalue weighted by Gasteiger charge is 2.32. The monoisotopic (exact) mass is 157 g/mol. The third-order valence-electron chi connectivity index (χ3n) is 2.08. The van der Waals surface area contributed by atoms with E-state index in [4.69, 9.17) is 10.8 Å². The van der Waals surface area contributed by atoms with Gasteiger partial charge in [-0.1, -0.05) is 0 Å². The molecule has 1 aliphatic rings. The summed E-state index contributed by atoms with van der Waals surface area (Å²) in [5.74, 6) is -1.02. The first-order valence-corrected chi connectivity index (χ1v) is 3.61. The molecule has 0 spiro atoms. The zero-order chi connectivity index (χ0) is 8.43. The van der Waals surface area contributed by atoms with Gasteiger partial charge in [-0.05, 0) is 12.3 Å². The van der Waals surface area contributed by atoms with Crippen molar-refractivity contribution in [2.45, 2.75) is 25.3 Å². The van der Waals surface area contributed by atoms with Crippen molar-refractivity contribution in [2.75, 3.05) is 0 Å². The van der Waals surface area contributed by atoms with Gasteiger partial charge in [-0.3, -0.25) is 9.59 Å². The molecule has 0 aromatic heterocycles. The topological polar surface area (TPSA) is 80.4 Å². The van der Waals surface area contributed by atoms with E-state index in [1.54, 1.807) is 0 Å². The molecule has 0 heterocycles. The average Bonchev–Trinajstić information content (AvgIpc) is 2.18. The molecule has 0 aliphatic heterocycles. The van der Waals surface area contributed by atoms with Crippen LogP contribution < -0.4 is 5.73 Å². The molecule has 2 unspecified atom stereocenters. The minimum atomic E-state index is -0.875. The van der Waals surface area contributed by atoms with Crippen LogP contribution in [0.2, 0.25) is 0 Å². The van der Waals surface area contributed by atoms with E-state index in [1.807, 2.05) is 0 Å². The van der Waals surface area contributed by atoms with Crippen LogP contribution in [-0.2, 0) is 9.59 Å². The highest BCUT2D eigenvalue weighted by molar-refractivity contribution is 5.87. The molecular weight excluding hydrogens is 146 g/mol. The van der Waals surface area contributed by atoms with Crippen molar-refractivity contribution in [1.82, 2.24) is 0 Å². The molecule has 4 nitrogen and oxygen atoms in total. The summed E-state index contributed by atoms with van der Waals surface area (Å²) in [7, 11) is 0. The van der Waals surface area contributed by atoms with Gasteiger partial charge >= 0.3 is 5.97 Å². The Labute approximate surface area is 64.4 Å². The van der Waals surface area contributed by atoms with E-state index >= 15 is 0 Å². The number of hydrogen-bond acceptors (Lipinski definition) is 3. The third kappa shape index (κ3) is 1.77.